The number of alkyl halides is 2. The van der Waals surface area contributed by atoms with Crippen molar-refractivity contribution in [3.05, 3.63) is 65.9 Å². The van der Waals surface area contributed by atoms with Gasteiger partial charge in [-0.3, -0.25) is 9.20 Å². The molecule has 10 nitrogen and oxygen atoms in total. The van der Waals surface area contributed by atoms with E-state index in [4.69, 9.17) is 4.52 Å². The quantitative estimate of drug-likeness (QED) is 0.414. The molecule has 0 saturated carbocycles. The Bertz CT molecular complexity index is 1470. The minimum Gasteiger partial charge on any atom is -0.337 e. The Morgan fingerprint density at radius 1 is 1.26 bits per heavy atom. The van der Waals surface area contributed by atoms with Crippen molar-refractivity contribution in [1.82, 2.24) is 23.8 Å². The maximum absolute atomic E-state index is 13.8. The van der Waals surface area contributed by atoms with Crippen LogP contribution in [0.2, 0.25) is 0 Å². The molecule has 1 amide bonds. The van der Waals surface area contributed by atoms with Crippen LogP contribution in [0.3, 0.4) is 0 Å². The number of hydrogen-bond acceptors (Lipinski definition) is 7. The average Bonchev–Trinajstić information content (AvgIpc) is 3.51. The predicted molar refractivity (Wildman–Crippen MR) is 117 cm³/mol. The molecule has 13 heteroatoms. The normalized spacial score (nSPS) is 18.1. The summed E-state index contributed by atoms with van der Waals surface area (Å²) in [6.45, 7) is 0.872. The second-order valence-electron chi connectivity index (χ2n) is 7.92. The van der Waals surface area contributed by atoms with Gasteiger partial charge in [-0.05, 0) is 30.7 Å². The number of rotatable bonds is 5. The van der Waals surface area contributed by atoms with Crippen LogP contribution in [0.1, 0.15) is 34.4 Å². The number of nitrogens with zero attached hydrogens (tertiary/aromatic N) is 5. The van der Waals surface area contributed by atoms with E-state index in [1.165, 1.54) is 6.20 Å². The van der Waals surface area contributed by atoms with Crippen LogP contribution in [0.4, 0.5) is 14.5 Å². The van der Waals surface area contributed by atoms with Gasteiger partial charge in [0.15, 0.2) is 0 Å². The molecule has 1 N–H and O–H groups in total. The molecule has 4 heterocycles. The number of amides is 1. The number of hydrogen-bond donors (Lipinski definition) is 2. The highest BCUT2D eigenvalue weighted by atomic mass is 32.2. The number of carbonyl (C=O) groups is 1. The van der Waals surface area contributed by atoms with E-state index in [-0.39, 0.29) is 17.6 Å². The number of aromatic nitrogens is 4. The number of aryl methyl sites for hydroxylation is 1. The summed E-state index contributed by atoms with van der Waals surface area (Å²) in [5.41, 5.74) is 2.67. The molecule has 0 aliphatic carbocycles. The Morgan fingerprint density at radius 3 is 2.88 bits per heavy atom. The summed E-state index contributed by atoms with van der Waals surface area (Å²) in [6.07, 6.45) is 2.46. The first-order chi connectivity index (χ1) is 16.2. The molecule has 5 rings (SSSR count). The molecular weight excluding hydrogens is 470 g/mol. The minimum absolute atomic E-state index is 0.0802. The number of pyridine rings is 1. The molecule has 1 aliphatic rings. The first-order valence-corrected chi connectivity index (χ1v) is 11.3. The lowest BCUT2D eigenvalue weighted by molar-refractivity contribution is 0.0167. The smallest absolute Gasteiger partial charge is 0.274 e. The number of thiol groups is 1. The minimum atomic E-state index is -3.25. The van der Waals surface area contributed by atoms with Crippen LogP contribution in [-0.4, -0.2) is 50.6 Å². The summed E-state index contributed by atoms with van der Waals surface area (Å²) >= 11 is 0. The van der Waals surface area contributed by atoms with Crippen molar-refractivity contribution in [2.24, 2.45) is 0 Å². The summed E-state index contributed by atoms with van der Waals surface area (Å²) in [6, 6.07) is 9.19. The van der Waals surface area contributed by atoms with E-state index >= 15 is 0 Å². The van der Waals surface area contributed by atoms with Crippen LogP contribution in [0.5, 0.6) is 0 Å². The van der Waals surface area contributed by atoms with Gasteiger partial charge >= 0.3 is 0 Å². The maximum atomic E-state index is 13.8. The number of nitrogens with one attached hydrogen (secondary N) is 1. The highest BCUT2D eigenvalue weighted by Gasteiger charge is 2.49. The molecule has 0 unspecified atom stereocenters. The Balaban J connectivity index is 1.41. The van der Waals surface area contributed by atoms with E-state index in [2.05, 4.69) is 20.4 Å². The number of halogens is 2. The monoisotopic (exact) mass is 488 g/mol. The van der Waals surface area contributed by atoms with Gasteiger partial charge in [0.1, 0.15) is 17.4 Å². The van der Waals surface area contributed by atoms with Crippen molar-refractivity contribution in [3.63, 3.8) is 0 Å². The van der Waals surface area contributed by atoms with Gasteiger partial charge in [0.2, 0.25) is 22.6 Å². The molecule has 4 aromatic rings. The molecule has 176 valence electrons. The van der Waals surface area contributed by atoms with Gasteiger partial charge in [0.25, 0.3) is 11.8 Å². The molecule has 3 aromatic heterocycles. The van der Waals surface area contributed by atoms with Crippen molar-refractivity contribution < 1.29 is 26.5 Å². The zero-order valence-corrected chi connectivity index (χ0v) is 18.6. The van der Waals surface area contributed by atoms with Crippen molar-refractivity contribution in [1.29, 1.82) is 0 Å². The zero-order valence-electron chi connectivity index (χ0n) is 17.7. The van der Waals surface area contributed by atoms with E-state index in [1.54, 1.807) is 47.9 Å². The van der Waals surface area contributed by atoms with Crippen LogP contribution in [-0.2, 0) is 10.9 Å². The number of imidazole rings is 1. The van der Waals surface area contributed by atoms with E-state index in [1.807, 2.05) is 6.07 Å². The summed E-state index contributed by atoms with van der Waals surface area (Å²) in [5.74, 6) is -3.70. The predicted octanol–water partition coefficient (Wildman–Crippen LogP) is 2.85. The fourth-order valence-corrected chi connectivity index (χ4v) is 4.59. The lowest BCUT2D eigenvalue weighted by Crippen LogP contribution is -2.25. The number of anilines is 1. The molecule has 0 spiro atoms. The van der Waals surface area contributed by atoms with Gasteiger partial charge in [-0.15, -0.1) is 0 Å². The van der Waals surface area contributed by atoms with E-state index in [0.717, 1.165) is 5.56 Å². The molecule has 1 fully saturated rings. The van der Waals surface area contributed by atoms with Gasteiger partial charge in [-0.25, -0.2) is 22.2 Å². The molecule has 34 heavy (non-hydrogen) atoms. The number of carbonyl (C=O) groups excluding carboxylic acids is 1. The molecule has 1 aromatic carbocycles. The average molecular weight is 488 g/mol. The van der Waals surface area contributed by atoms with Crippen molar-refractivity contribution in [3.8, 4) is 11.4 Å². The van der Waals surface area contributed by atoms with E-state index in [0.29, 0.717) is 26.9 Å². The lowest BCUT2D eigenvalue weighted by atomic mass is 10.1. The molecule has 1 saturated heterocycles. The highest BCUT2D eigenvalue weighted by molar-refractivity contribution is 7.69. The fraction of sp³-hybridized carbons (Fsp3) is 0.238. The number of fused-ring (bicyclic) bond motifs is 1. The zero-order chi connectivity index (χ0) is 24.0. The molecule has 1 atom stereocenters. The second-order valence-corrected chi connectivity index (χ2v) is 8.91. The summed E-state index contributed by atoms with van der Waals surface area (Å²) in [5, 5.41) is 6.67. The number of benzene rings is 1. The Hall–Kier alpha value is -3.71. The van der Waals surface area contributed by atoms with Crippen molar-refractivity contribution in [2.45, 2.75) is 25.3 Å². The van der Waals surface area contributed by atoms with E-state index < -0.39 is 35.8 Å². The molecule has 0 radical (unpaired) electrons. The van der Waals surface area contributed by atoms with Gasteiger partial charge < -0.3 is 9.84 Å². The standard InChI is InChI=1S/C21H18F2N6O4S/c1-12-5-6-13(8-14(12)25-19(30)16-10-24-17-4-2-3-7-28(16)17)18-26-20(33-27-18)15-9-21(22,23)11-29(15)34(31)32/h2-8,10,15,34H,9,11H2,1H3,(H,25,30)/t15-/m0/s1. The highest BCUT2D eigenvalue weighted by Crippen LogP contribution is 2.41. The lowest BCUT2D eigenvalue weighted by Gasteiger charge is -2.11. The van der Waals surface area contributed by atoms with Crippen molar-refractivity contribution >= 4 is 28.1 Å². The Kier molecular flexibility index (Phi) is 5.37. The van der Waals surface area contributed by atoms with Gasteiger partial charge in [0.05, 0.1) is 12.7 Å². The fourth-order valence-electron chi connectivity index (χ4n) is 3.86. The third-order valence-corrected chi connectivity index (χ3v) is 6.41. The van der Waals surface area contributed by atoms with Crippen LogP contribution < -0.4 is 5.32 Å². The Morgan fingerprint density at radius 2 is 2.09 bits per heavy atom. The van der Waals surface area contributed by atoms with Gasteiger partial charge in [-0.1, -0.05) is 23.4 Å². The summed E-state index contributed by atoms with van der Waals surface area (Å²) in [4.78, 5) is 21.2. The molecule has 1 aliphatic heterocycles. The first-order valence-electron chi connectivity index (χ1n) is 10.2. The maximum Gasteiger partial charge on any atom is 0.274 e. The van der Waals surface area contributed by atoms with Crippen LogP contribution in [0, 0.1) is 6.92 Å². The van der Waals surface area contributed by atoms with Crippen LogP contribution in [0.15, 0.2) is 53.3 Å². The first kappa shape index (κ1) is 22.1. The third-order valence-electron chi connectivity index (χ3n) is 5.58. The second kappa shape index (κ2) is 8.25. The third kappa shape index (κ3) is 4.03. The SMILES string of the molecule is Cc1ccc(-c2noc([C@@H]3CC(F)(F)CN3[SH](=O)=O)n2)cc1NC(=O)c1cnc2ccccn12. The topological polar surface area (TPSA) is 123 Å². The van der Waals surface area contributed by atoms with Crippen LogP contribution in [0.25, 0.3) is 17.0 Å². The summed E-state index contributed by atoms with van der Waals surface area (Å²) in [7, 11) is -3.25. The molecule has 0 bridgehead atoms. The summed E-state index contributed by atoms with van der Waals surface area (Å²) < 4.78 is 57.8. The van der Waals surface area contributed by atoms with Crippen molar-refractivity contribution in [2.75, 3.05) is 11.9 Å². The molecular formula is C21H18F2N6O4S. The van der Waals surface area contributed by atoms with Crippen LogP contribution >= 0.6 is 0 Å². The van der Waals surface area contributed by atoms with Gasteiger partial charge in [0, 0.05) is 23.9 Å². The van der Waals surface area contributed by atoms with Gasteiger partial charge in [-0.2, -0.15) is 9.29 Å². The largest absolute Gasteiger partial charge is 0.337 e. The Labute approximate surface area is 193 Å². The van der Waals surface area contributed by atoms with E-state index in [9.17, 15) is 22.0 Å².